The molecule has 0 spiro atoms. The molecule has 11 nitrogen and oxygen atoms in total. The fourth-order valence-electron chi connectivity index (χ4n) is 6.45. The summed E-state index contributed by atoms with van der Waals surface area (Å²) in [5.74, 6) is -5.49. The van der Waals surface area contributed by atoms with Crippen LogP contribution in [0.25, 0.3) is 0 Å². The Kier molecular flexibility index (Phi) is 8.13. The van der Waals surface area contributed by atoms with Crippen LogP contribution in [-0.2, 0) is 24.0 Å². The highest BCUT2D eigenvalue weighted by atomic mass is 19.4. The van der Waals surface area contributed by atoms with Crippen molar-refractivity contribution in [3.63, 3.8) is 0 Å². The summed E-state index contributed by atoms with van der Waals surface area (Å²) < 4.78 is 39.3. The first-order valence-corrected chi connectivity index (χ1v) is 14.1. The van der Waals surface area contributed by atoms with Crippen molar-refractivity contribution in [1.82, 2.24) is 25.8 Å². The Morgan fingerprint density at radius 3 is 2.22 bits per heavy atom. The molecule has 0 aromatic rings. The minimum Gasteiger partial charge on any atom is -0.381 e. The Morgan fingerprint density at radius 1 is 1.10 bits per heavy atom. The van der Waals surface area contributed by atoms with E-state index >= 15 is 0 Å². The molecule has 14 heteroatoms. The normalized spacial score (nSPS) is 29.0. The summed E-state index contributed by atoms with van der Waals surface area (Å²) in [5, 5.41) is 18.3. The van der Waals surface area contributed by atoms with E-state index in [2.05, 4.69) is 10.6 Å². The Bertz CT molecular complexity index is 1100. The number of rotatable bonds is 8. The Hall–Kier alpha value is -2.90. The standard InChI is InChI=1S/C27H40F3N5O6/c1-25(2,3)19(33-24(41)27(28,29)30)23(40)35-12-14-16(26(14,4)5)17(35)21(38)32-15(11-13-7-8-31-20(13)37)18(36)22(39)34-9-6-10-34/h13-19,36H,6-12H2,1-5H3,(H,31,37)(H,32,38)(H,33,41)/t13-,14-,15-,16-,17-,18+,19+/m0/s1. The van der Waals surface area contributed by atoms with Crippen molar-refractivity contribution in [2.75, 3.05) is 26.2 Å². The van der Waals surface area contributed by atoms with Gasteiger partial charge in [-0.1, -0.05) is 34.6 Å². The van der Waals surface area contributed by atoms with Crippen LogP contribution in [0, 0.1) is 28.6 Å². The third kappa shape index (κ3) is 6.02. The van der Waals surface area contributed by atoms with E-state index in [1.54, 1.807) is 0 Å². The molecule has 3 saturated heterocycles. The maximum atomic E-state index is 13.9. The Labute approximate surface area is 236 Å². The molecule has 0 aromatic heterocycles. The topological polar surface area (TPSA) is 148 Å². The highest BCUT2D eigenvalue weighted by molar-refractivity contribution is 5.95. The van der Waals surface area contributed by atoms with E-state index in [1.165, 1.54) is 30.6 Å². The molecule has 4 aliphatic rings. The minimum atomic E-state index is -5.20. The fourth-order valence-corrected chi connectivity index (χ4v) is 6.45. The zero-order valence-electron chi connectivity index (χ0n) is 24.0. The molecule has 0 aromatic carbocycles. The number of carbonyl (C=O) groups excluding carboxylic acids is 5. The molecular formula is C27H40F3N5O6. The van der Waals surface area contributed by atoms with Gasteiger partial charge >= 0.3 is 12.1 Å². The van der Waals surface area contributed by atoms with Gasteiger partial charge in [0.2, 0.25) is 17.7 Å². The van der Waals surface area contributed by atoms with Gasteiger partial charge in [-0.2, -0.15) is 13.2 Å². The van der Waals surface area contributed by atoms with Crippen LogP contribution in [0.5, 0.6) is 0 Å². The maximum Gasteiger partial charge on any atom is 0.471 e. The quantitative estimate of drug-likeness (QED) is 0.318. The van der Waals surface area contributed by atoms with Gasteiger partial charge < -0.3 is 30.9 Å². The molecule has 3 heterocycles. The van der Waals surface area contributed by atoms with Crippen molar-refractivity contribution in [3.8, 4) is 0 Å². The molecule has 5 amide bonds. The number of aliphatic hydroxyl groups excluding tert-OH is 1. The lowest BCUT2D eigenvalue weighted by Crippen LogP contribution is -2.62. The average Bonchev–Trinajstić information content (AvgIpc) is 3.16. The summed E-state index contributed by atoms with van der Waals surface area (Å²) in [6.45, 7) is 9.89. The van der Waals surface area contributed by atoms with E-state index in [4.69, 9.17) is 0 Å². The van der Waals surface area contributed by atoms with Crippen molar-refractivity contribution >= 4 is 29.5 Å². The number of nitrogens with one attached hydrogen (secondary N) is 3. The summed E-state index contributed by atoms with van der Waals surface area (Å²) in [7, 11) is 0. The van der Waals surface area contributed by atoms with Crippen LogP contribution in [0.4, 0.5) is 13.2 Å². The van der Waals surface area contributed by atoms with Crippen molar-refractivity contribution in [3.05, 3.63) is 0 Å². The van der Waals surface area contributed by atoms with Crippen molar-refractivity contribution < 1.29 is 42.3 Å². The lowest BCUT2D eigenvalue weighted by Gasteiger charge is -2.39. The van der Waals surface area contributed by atoms with Crippen LogP contribution in [0.15, 0.2) is 0 Å². The lowest BCUT2D eigenvalue weighted by atomic mass is 9.85. The van der Waals surface area contributed by atoms with Gasteiger partial charge in [0, 0.05) is 32.1 Å². The summed E-state index contributed by atoms with van der Waals surface area (Å²) in [6, 6.07) is -3.78. The summed E-state index contributed by atoms with van der Waals surface area (Å²) in [5.41, 5.74) is -1.45. The van der Waals surface area contributed by atoms with E-state index in [9.17, 15) is 42.3 Å². The van der Waals surface area contributed by atoms with E-state index in [-0.39, 0.29) is 36.1 Å². The van der Waals surface area contributed by atoms with Gasteiger partial charge in [0.15, 0.2) is 6.10 Å². The highest BCUT2D eigenvalue weighted by Crippen LogP contribution is 2.65. The third-order valence-corrected chi connectivity index (χ3v) is 9.24. The number of amides is 5. The van der Waals surface area contributed by atoms with Crippen molar-refractivity contribution in [2.24, 2.45) is 28.6 Å². The van der Waals surface area contributed by atoms with Crippen LogP contribution in [-0.4, -0.2) is 101 Å². The SMILES string of the molecule is CC(C)(C)[C@H](NC(=O)C(F)(F)F)C(=O)N1C[C@H]2[C@@H]([C@H]1C(=O)N[C@@H](C[C@@H]1CCNC1=O)[C@@H](O)C(=O)N1CCC1)C2(C)C. The second-order valence-corrected chi connectivity index (χ2v) is 13.4. The molecule has 41 heavy (non-hydrogen) atoms. The smallest absolute Gasteiger partial charge is 0.381 e. The maximum absolute atomic E-state index is 13.9. The molecule has 0 radical (unpaired) electrons. The molecular weight excluding hydrogens is 547 g/mol. The first-order valence-electron chi connectivity index (χ1n) is 14.1. The first-order chi connectivity index (χ1) is 18.9. The second kappa shape index (κ2) is 10.7. The van der Waals surface area contributed by atoms with Gasteiger partial charge in [-0.15, -0.1) is 0 Å². The van der Waals surface area contributed by atoms with Crippen LogP contribution in [0.1, 0.15) is 53.9 Å². The average molecular weight is 588 g/mol. The molecule has 7 atom stereocenters. The predicted molar refractivity (Wildman–Crippen MR) is 139 cm³/mol. The van der Waals surface area contributed by atoms with E-state index < -0.39 is 65.4 Å². The van der Waals surface area contributed by atoms with Gasteiger partial charge in [0.1, 0.15) is 12.1 Å². The molecule has 1 saturated carbocycles. The van der Waals surface area contributed by atoms with Crippen LogP contribution < -0.4 is 16.0 Å². The van der Waals surface area contributed by atoms with Crippen molar-refractivity contribution in [1.29, 1.82) is 0 Å². The lowest BCUT2D eigenvalue weighted by molar-refractivity contribution is -0.176. The zero-order chi connectivity index (χ0) is 30.7. The van der Waals surface area contributed by atoms with Crippen molar-refractivity contribution in [2.45, 2.75) is 84.3 Å². The third-order valence-electron chi connectivity index (χ3n) is 9.24. The number of hydrogen-bond acceptors (Lipinski definition) is 6. The Balaban J connectivity index is 1.58. The van der Waals surface area contributed by atoms with E-state index in [0.29, 0.717) is 26.1 Å². The Morgan fingerprint density at radius 2 is 1.73 bits per heavy atom. The van der Waals surface area contributed by atoms with Gasteiger partial charge in [-0.3, -0.25) is 24.0 Å². The first kappa shape index (κ1) is 31.0. The molecule has 4 rings (SSSR count). The van der Waals surface area contributed by atoms with E-state index in [0.717, 1.165) is 6.42 Å². The van der Waals surface area contributed by atoms with Crippen LogP contribution >= 0.6 is 0 Å². The van der Waals surface area contributed by atoms with Gasteiger partial charge in [0.05, 0.1) is 6.04 Å². The van der Waals surface area contributed by atoms with Crippen LogP contribution in [0.3, 0.4) is 0 Å². The molecule has 4 N–H and O–H groups in total. The molecule has 0 unspecified atom stereocenters. The molecule has 0 bridgehead atoms. The zero-order valence-corrected chi connectivity index (χ0v) is 24.0. The number of halogens is 3. The summed E-state index contributed by atoms with van der Waals surface area (Å²) in [4.78, 5) is 67.3. The van der Waals surface area contributed by atoms with E-state index in [1.807, 2.05) is 19.2 Å². The summed E-state index contributed by atoms with van der Waals surface area (Å²) in [6.07, 6.45) is -5.56. The number of alkyl halides is 3. The highest BCUT2D eigenvalue weighted by Gasteiger charge is 2.70. The number of fused-ring (bicyclic) bond motifs is 1. The fraction of sp³-hybridized carbons (Fsp3) is 0.815. The molecule has 4 fully saturated rings. The predicted octanol–water partition coefficient (Wildman–Crippen LogP) is 0.167. The molecule has 1 aliphatic carbocycles. The largest absolute Gasteiger partial charge is 0.471 e. The number of aliphatic hydroxyl groups is 1. The molecule has 3 aliphatic heterocycles. The van der Waals surface area contributed by atoms with Gasteiger partial charge in [0.25, 0.3) is 5.91 Å². The number of carbonyl (C=O) groups is 5. The minimum absolute atomic E-state index is 0.00271. The van der Waals surface area contributed by atoms with Gasteiger partial charge in [-0.25, -0.2) is 0 Å². The monoisotopic (exact) mass is 587 g/mol. The van der Waals surface area contributed by atoms with Crippen LogP contribution in [0.2, 0.25) is 0 Å². The number of likely N-dealkylation sites (tertiary alicyclic amines) is 2. The second-order valence-electron chi connectivity index (χ2n) is 13.4. The number of hydrogen-bond donors (Lipinski definition) is 4. The van der Waals surface area contributed by atoms with Gasteiger partial charge in [-0.05, 0) is 41.9 Å². The molecule has 230 valence electrons. The number of piperidine rings is 1. The number of nitrogens with zero attached hydrogens (tertiary/aromatic N) is 2. The summed E-state index contributed by atoms with van der Waals surface area (Å²) >= 11 is 0.